The first-order valence-corrected chi connectivity index (χ1v) is 12.5. The van der Waals surface area contributed by atoms with Crippen LogP contribution in [-0.4, -0.2) is 41.7 Å². The van der Waals surface area contributed by atoms with Gasteiger partial charge >= 0.3 is 0 Å². The normalized spacial score (nSPS) is 20.7. The highest BCUT2D eigenvalue weighted by atomic mass is 32.2. The highest BCUT2D eigenvalue weighted by molar-refractivity contribution is 7.90. The van der Waals surface area contributed by atoms with Gasteiger partial charge in [-0.3, -0.25) is 4.79 Å². The number of imidazole rings is 1. The van der Waals surface area contributed by atoms with Gasteiger partial charge in [0, 0.05) is 12.3 Å². The fourth-order valence-corrected chi connectivity index (χ4v) is 4.88. The number of hydrogen-bond donors (Lipinski definition) is 3. The number of sulfone groups is 1. The van der Waals surface area contributed by atoms with Crippen molar-refractivity contribution < 1.29 is 17.6 Å². The van der Waals surface area contributed by atoms with Crippen molar-refractivity contribution in [2.45, 2.75) is 49.6 Å². The number of halogens is 1. The number of rotatable bonds is 6. The summed E-state index contributed by atoms with van der Waals surface area (Å²) >= 11 is 0. The van der Waals surface area contributed by atoms with Crippen molar-refractivity contribution in [3.8, 4) is 0 Å². The number of amides is 1. The second-order valence-electron chi connectivity index (χ2n) is 8.70. The number of hydrogen-bond acceptors (Lipinski definition) is 6. The first kappa shape index (κ1) is 20.9. The lowest BCUT2D eigenvalue weighted by Crippen LogP contribution is -2.16. The average molecular weight is 458 g/mol. The van der Waals surface area contributed by atoms with E-state index in [1.807, 2.05) is 6.07 Å². The number of aryl methyl sites for hydroxylation is 1. The Morgan fingerprint density at radius 3 is 2.56 bits per heavy atom. The van der Waals surface area contributed by atoms with E-state index in [4.69, 9.17) is 0 Å². The fourth-order valence-electron chi connectivity index (χ4n) is 4.01. The first-order valence-electron chi connectivity index (χ1n) is 10.6. The van der Waals surface area contributed by atoms with Gasteiger partial charge in [0.05, 0.1) is 22.2 Å². The van der Waals surface area contributed by atoms with Gasteiger partial charge in [-0.1, -0.05) is 12.5 Å². The molecule has 2 heterocycles. The molecule has 1 amide bonds. The molecule has 2 aliphatic rings. The second-order valence-corrected chi connectivity index (χ2v) is 10.7. The summed E-state index contributed by atoms with van der Waals surface area (Å²) in [6.45, 7) is 1.77. The molecular weight excluding hydrogens is 433 g/mol. The molecule has 0 bridgehead atoms. The van der Waals surface area contributed by atoms with E-state index in [1.54, 1.807) is 25.1 Å². The van der Waals surface area contributed by atoms with Crippen LogP contribution < -0.4 is 10.6 Å². The molecule has 3 N–H and O–H groups in total. The number of anilines is 3. The number of pyridine rings is 1. The van der Waals surface area contributed by atoms with Gasteiger partial charge in [0.1, 0.15) is 23.3 Å². The van der Waals surface area contributed by atoms with Crippen LogP contribution in [0.15, 0.2) is 29.2 Å². The second kappa shape index (κ2) is 7.54. The molecule has 32 heavy (non-hydrogen) atoms. The van der Waals surface area contributed by atoms with Crippen LogP contribution in [0.1, 0.15) is 43.0 Å². The third-order valence-electron chi connectivity index (χ3n) is 6.13. The molecule has 2 saturated carbocycles. The molecule has 0 saturated heterocycles. The molecule has 0 radical (unpaired) electrons. The maximum Gasteiger partial charge on any atom is 0.231 e. The van der Waals surface area contributed by atoms with E-state index in [0.29, 0.717) is 34.3 Å². The molecule has 2 aromatic heterocycles. The Bertz CT molecular complexity index is 1330. The quantitative estimate of drug-likeness (QED) is 0.516. The molecule has 5 rings (SSSR count). The van der Waals surface area contributed by atoms with Crippen LogP contribution in [0.2, 0.25) is 0 Å². The van der Waals surface area contributed by atoms with E-state index in [-0.39, 0.29) is 17.1 Å². The van der Waals surface area contributed by atoms with Crippen LogP contribution in [0, 0.1) is 12.8 Å². The van der Waals surface area contributed by atoms with Crippen LogP contribution >= 0.6 is 0 Å². The van der Waals surface area contributed by atoms with Crippen molar-refractivity contribution in [3.63, 3.8) is 0 Å². The Hall–Kier alpha value is -3.01. The summed E-state index contributed by atoms with van der Waals surface area (Å²) in [5.41, 5.74) is 2.91. The van der Waals surface area contributed by atoms with E-state index in [1.165, 1.54) is 6.26 Å². The van der Waals surface area contributed by atoms with Gasteiger partial charge < -0.3 is 15.6 Å². The van der Waals surface area contributed by atoms with Crippen LogP contribution in [0.4, 0.5) is 21.6 Å². The first-order chi connectivity index (χ1) is 15.2. The number of carbonyl (C=O) groups is 1. The van der Waals surface area contributed by atoms with Crippen molar-refractivity contribution in [1.82, 2.24) is 15.0 Å². The minimum Gasteiger partial charge on any atom is -0.353 e. The van der Waals surface area contributed by atoms with Crippen LogP contribution in [0.5, 0.6) is 0 Å². The summed E-state index contributed by atoms with van der Waals surface area (Å²) in [5, 5.41) is 5.83. The SMILES string of the molecule is Cc1nc2nc(NC(=O)C3CC3F)cc(Nc3ccc(C4CCC4)cc3S(C)(=O)=O)c2[nH]1. The standard InChI is InChI=1S/C22H24FN5O3S/c1-11-24-20-17(10-19(27-21(20)25-11)28-22(29)14-9-15(14)23)26-16-7-6-13(12-4-3-5-12)8-18(16)32(2,30)31/h6-8,10,12,14-15H,3-5,9H2,1-2H3,(H3,24,25,26,27,28,29). The summed E-state index contributed by atoms with van der Waals surface area (Å²) in [5.74, 6) is 0.164. The number of fused-ring (bicyclic) bond motifs is 1. The number of alkyl halides is 1. The third kappa shape index (κ3) is 3.94. The van der Waals surface area contributed by atoms with Gasteiger partial charge in [-0.25, -0.2) is 22.8 Å². The molecule has 2 unspecified atom stereocenters. The molecule has 168 valence electrons. The van der Waals surface area contributed by atoms with Gasteiger partial charge in [-0.2, -0.15) is 0 Å². The van der Waals surface area contributed by atoms with E-state index in [0.717, 1.165) is 24.8 Å². The molecule has 1 aromatic carbocycles. The Labute approximate surface area is 185 Å². The molecular formula is C22H24FN5O3S. The number of aromatic amines is 1. The lowest BCUT2D eigenvalue weighted by Gasteiger charge is -2.26. The van der Waals surface area contributed by atoms with Crippen LogP contribution in [0.3, 0.4) is 0 Å². The number of benzene rings is 1. The monoisotopic (exact) mass is 457 g/mol. The van der Waals surface area contributed by atoms with Crippen molar-refractivity contribution >= 4 is 44.1 Å². The molecule has 8 nitrogen and oxygen atoms in total. The van der Waals surface area contributed by atoms with Crippen LogP contribution in [0.25, 0.3) is 11.2 Å². The van der Waals surface area contributed by atoms with Crippen molar-refractivity contribution in [1.29, 1.82) is 0 Å². The Kier molecular flexibility index (Phi) is 4.92. The number of aromatic nitrogens is 3. The number of nitrogens with one attached hydrogen (secondary N) is 3. The number of nitrogens with zero attached hydrogens (tertiary/aromatic N) is 2. The van der Waals surface area contributed by atoms with Gasteiger partial charge in [0.2, 0.25) is 5.91 Å². The molecule has 2 atom stereocenters. The highest BCUT2D eigenvalue weighted by Crippen LogP contribution is 2.39. The maximum atomic E-state index is 13.3. The maximum absolute atomic E-state index is 13.3. The van der Waals surface area contributed by atoms with Crippen LogP contribution in [-0.2, 0) is 14.6 Å². The number of carbonyl (C=O) groups excluding carboxylic acids is 1. The smallest absolute Gasteiger partial charge is 0.231 e. The molecule has 3 aromatic rings. The molecule has 2 fully saturated rings. The third-order valence-corrected chi connectivity index (χ3v) is 7.27. The number of H-pyrrole nitrogens is 1. The highest BCUT2D eigenvalue weighted by Gasteiger charge is 2.43. The topological polar surface area (TPSA) is 117 Å². The Morgan fingerprint density at radius 2 is 1.94 bits per heavy atom. The summed E-state index contributed by atoms with van der Waals surface area (Å²) < 4.78 is 38.4. The Morgan fingerprint density at radius 1 is 1.19 bits per heavy atom. The van der Waals surface area contributed by atoms with Crippen molar-refractivity contribution in [3.05, 3.63) is 35.7 Å². The Balaban J connectivity index is 1.53. The largest absolute Gasteiger partial charge is 0.353 e. The average Bonchev–Trinajstić information content (AvgIpc) is 3.28. The minimum absolute atomic E-state index is 0.214. The van der Waals surface area contributed by atoms with Gasteiger partial charge in [0.15, 0.2) is 15.5 Å². The van der Waals surface area contributed by atoms with Crippen molar-refractivity contribution in [2.75, 3.05) is 16.9 Å². The molecule has 0 spiro atoms. The molecule has 10 heteroatoms. The van der Waals surface area contributed by atoms with Gasteiger partial charge in [0.25, 0.3) is 0 Å². The summed E-state index contributed by atoms with van der Waals surface area (Å²) in [6, 6.07) is 7.07. The molecule has 0 aliphatic heterocycles. The summed E-state index contributed by atoms with van der Waals surface area (Å²) in [7, 11) is -3.50. The zero-order valence-electron chi connectivity index (χ0n) is 17.8. The summed E-state index contributed by atoms with van der Waals surface area (Å²) in [6.07, 6.45) is 3.58. The predicted molar refractivity (Wildman–Crippen MR) is 120 cm³/mol. The minimum atomic E-state index is -3.50. The predicted octanol–water partition coefficient (Wildman–Crippen LogP) is 3.98. The zero-order chi connectivity index (χ0) is 22.6. The van der Waals surface area contributed by atoms with Gasteiger partial charge in [-0.15, -0.1) is 0 Å². The van der Waals surface area contributed by atoms with E-state index >= 15 is 0 Å². The van der Waals surface area contributed by atoms with Gasteiger partial charge in [-0.05, 0) is 49.8 Å². The molecule has 2 aliphatic carbocycles. The van der Waals surface area contributed by atoms with Crippen molar-refractivity contribution in [2.24, 2.45) is 5.92 Å². The summed E-state index contributed by atoms with van der Waals surface area (Å²) in [4.78, 5) is 24.2. The van der Waals surface area contributed by atoms with E-state index in [9.17, 15) is 17.6 Å². The lowest BCUT2D eigenvalue weighted by molar-refractivity contribution is -0.117. The van der Waals surface area contributed by atoms with E-state index in [2.05, 4.69) is 25.6 Å². The van der Waals surface area contributed by atoms with E-state index < -0.39 is 27.8 Å². The zero-order valence-corrected chi connectivity index (χ0v) is 18.6. The lowest BCUT2D eigenvalue weighted by atomic mass is 9.80. The fraction of sp³-hybridized carbons (Fsp3) is 0.409.